The molecular weight excluding hydrogens is 230 g/mol. The zero-order valence-corrected chi connectivity index (χ0v) is 11.1. The predicted octanol–water partition coefficient (Wildman–Crippen LogP) is 1.19. The summed E-state index contributed by atoms with van der Waals surface area (Å²) in [4.78, 5) is 11.7. The van der Waals surface area contributed by atoms with Gasteiger partial charge in [-0.25, -0.2) is 0 Å². The van der Waals surface area contributed by atoms with Crippen molar-refractivity contribution in [3.63, 3.8) is 0 Å². The molecule has 0 aromatic carbocycles. The SMILES string of the molecule is Cc1cc(C)n(CCCNC(=O)[C@@H]2CCCO2)n1. The summed E-state index contributed by atoms with van der Waals surface area (Å²) in [6, 6.07) is 2.06. The average Bonchev–Trinajstić information content (AvgIpc) is 2.94. The van der Waals surface area contributed by atoms with E-state index in [2.05, 4.69) is 16.5 Å². The molecule has 1 N–H and O–H groups in total. The Balaban J connectivity index is 1.66. The maximum absolute atomic E-state index is 11.7. The molecule has 1 saturated heterocycles. The fraction of sp³-hybridized carbons (Fsp3) is 0.692. The number of aromatic nitrogens is 2. The van der Waals surface area contributed by atoms with Crippen molar-refractivity contribution in [2.75, 3.05) is 13.2 Å². The van der Waals surface area contributed by atoms with Crippen LogP contribution in [-0.4, -0.2) is 34.9 Å². The van der Waals surface area contributed by atoms with E-state index in [1.54, 1.807) is 0 Å². The van der Waals surface area contributed by atoms with Gasteiger partial charge in [-0.1, -0.05) is 0 Å². The van der Waals surface area contributed by atoms with Crippen LogP contribution < -0.4 is 5.32 Å². The predicted molar refractivity (Wildman–Crippen MR) is 68.3 cm³/mol. The van der Waals surface area contributed by atoms with Crippen LogP contribution in [0, 0.1) is 13.8 Å². The van der Waals surface area contributed by atoms with Crippen LogP contribution in [0.25, 0.3) is 0 Å². The van der Waals surface area contributed by atoms with E-state index in [-0.39, 0.29) is 12.0 Å². The lowest BCUT2D eigenvalue weighted by molar-refractivity contribution is -0.130. The van der Waals surface area contributed by atoms with Gasteiger partial charge in [0.25, 0.3) is 0 Å². The maximum Gasteiger partial charge on any atom is 0.249 e. The van der Waals surface area contributed by atoms with E-state index in [1.165, 1.54) is 0 Å². The normalized spacial score (nSPS) is 19.1. The topological polar surface area (TPSA) is 56.2 Å². The zero-order valence-electron chi connectivity index (χ0n) is 11.1. The second-order valence-electron chi connectivity index (χ2n) is 4.80. The molecule has 2 rings (SSSR count). The van der Waals surface area contributed by atoms with Crippen molar-refractivity contribution in [3.05, 3.63) is 17.5 Å². The molecule has 2 heterocycles. The number of carbonyl (C=O) groups is 1. The lowest BCUT2D eigenvalue weighted by atomic mass is 10.2. The number of hydrogen-bond acceptors (Lipinski definition) is 3. The Kier molecular flexibility index (Phi) is 4.36. The molecule has 0 spiro atoms. The fourth-order valence-corrected chi connectivity index (χ4v) is 2.24. The maximum atomic E-state index is 11.7. The summed E-state index contributed by atoms with van der Waals surface area (Å²) in [7, 11) is 0. The third-order valence-corrected chi connectivity index (χ3v) is 3.17. The number of amides is 1. The Bertz CT molecular complexity index is 408. The van der Waals surface area contributed by atoms with Crippen LogP contribution >= 0.6 is 0 Å². The highest BCUT2D eigenvalue weighted by atomic mass is 16.5. The Morgan fingerprint density at radius 1 is 1.61 bits per heavy atom. The lowest BCUT2D eigenvalue weighted by Gasteiger charge is -2.10. The molecule has 0 saturated carbocycles. The summed E-state index contributed by atoms with van der Waals surface area (Å²) in [6.45, 7) is 6.26. The van der Waals surface area contributed by atoms with Crippen LogP contribution in [0.5, 0.6) is 0 Å². The number of hydrogen-bond donors (Lipinski definition) is 1. The number of carbonyl (C=O) groups excluding carboxylic acids is 1. The van der Waals surface area contributed by atoms with Crippen molar-refractivity contribution in [2.45, 2.75) is 45.8 Å². The van der Waals surface area contributed by atoms with E-state index >= 15 is 0 Å². The number of nitrogens with zero attached hydrogens (tertiary/aromatic N) is 2. The molecule has 0 aliphatic carbocycles. The number of ether oxygens (including phenoxy) is 1. The molecular formula is C13H21N3O2. The van der Waals surface area contributed by atoms with E-state index < -0.39 is 0 Å². The highest BCUT2D eigenvalue weighted by Crippen LogP contribution is 2.11. The van der Waals surface area contributed by atoms with E-state index in [1.807, 2.05) is 18.5 Å². The summed E-state index contributed by atoms with van der Waals surface area (Å²) < 4.78 is 7.30. The number of nitrogens with one attached hydrogen (secondary N) is 1. The quantitative estimate of drug-likeness (QED) is 0.800. The molecule has 0 unspecified atom stereocenters. The highest BCUT2D eigenvalue weighted by Gasteiger charge is 2.22. The molecule has 1 aliphatic rings. The van der Waals surface area contributed by atoms with Gasteiger partial charge in [0.05, 0.1) is 5.69 Å². The second kappa shape index (κ2) is 6.00. The summed E-state index contributed by atoms with van der Waals surface area (Å²) in [6.07, 6.45) is 2.51. The fourth-order valence-electron chi connectivity index (χ4n) is 2.24. The Labute approximate surface area is 108 Å². The van der Waals surface area contributed by atoms with Crippen LogP contribution in [0.3, 0.4) is 0 Å². The molecule has 1 aromatic heterocycles. The first-order valence-corrected chi connectivity index (χ1v) is 6.57. The van der Waals surface area contributed by atoms with Crippen molar-refractivity contribution in [1.82, 2.24) is 15.1 Å². The van der Waals surface area contributed by atoms with E-state index in [4.69, 9.17) is 4.74 Å². The lowest BCUT2D eigenvalue weighted by Crippen LogP contribution is -2.35. The van der Waals surface area contributed by atoms with E-state index in [0.717, 1.165) is 37.2 Å². The number of aryl methyl sites for hydroxylation is 3. The van der Waals surface area contributed by atoms with E-state index in [0.29, 0.717) is 13.2 Å². The summed E-state index contributed by atoms with van der Waals surface area (Å²) in [5.41, 5.74) is 2.20. The average molecular weight is 251 g/mol. The molecule has 1 amide bonds. The molecule has 100 valence electrons. The Morgan fingerprint density at radius 3 is 3.06 bits per heavy atom. The summed E-state index contributed by atoms with van der Waals surface area (Å²) >= 11 is 0. The first-order chi connectivity index (χ1) is 8.66. The molecule has 5 heteroatoms. The van der Waals surface area contributed by atoms with Crippen molar-refractivity contribution < 1.29 is 9.53 Å². The molecule has 0 radical (unpaired) electrons. The van der Waals surface area contributed by atoms with Crippen molar-refractivity contribution >= 4 is 5.91 Å². The zero-order chi connectivity index (χ0) is 13.0. The minimum Gasteiger partial charge on any atom is -0.368 e. The van der Waals surface area contributed by atoms with Crippen LogP contribution in [0.15, 0.2) is 6.07 Å². The van der Waals surface area contributed by atoms with Crippen LogP contribution in [0.2, 0.25) is 0 Å². The third-order valence-electron chi connectivity index (χ3n) is 3.17. The Morgan fingerprint density at radius 2 is 2.44 bits per heavy atom. The standard InChI is InChI=1S/C13H21N3O2/c1-10-9-11(2)16(15-10)7-4-6-14-13(17)12-5-3-8-18-12/h9,12H,3-8H2,1-2H3,(H,14,17)/t12-/m0/s1. The minimum absolute atomic E-state index is 0.0286. The van der Waals surface area contributed by atoms with Gasteiger partial charge in [0.1, 0.15) is 6.10 Å². The number of rotatable bonds is 5. The first-order valence-electron chi connectivity index (χ1n) is 6.57. The van der Waals surface area contributed by atoms with Gasteiger partial charge in [-0.2, -0.15) is 5.10 Å². The van der Waals surface area contributed by atoms with Gasteiger partial charge < -0.3 is 10.1 Å². The van der Waals surface area contributed by atoms with Crippen LogP contribution in [0.4, 0.5) is 0 Å². The van der Waals surface area contributed by atoms with Crippen LogP contribution in [-0.2, 0) is 16.1 Å². The molecule has 1 aromatic rings. The summed E-state index contributed by atoms with van der Waals surface area (Å²) in [5.74, 6) is 0.0286. The van der Waals surface area contributed by atoms with Crippen molar-refractivity contribution in [2.24, 2.45) is 0 Å². The van der Waals surface area contributed by atoms with Crippen LogP contribution in [0.1, 0.15) is 30.7 Å². The molecule has 18 heavy (non-hydrogen) atoms. The highest BCUT2D eigenvalue weighted by molar-refractivity contribution is 5.80. The molecule has 1 fully saturated rings. The van der Waals surface area contributed by atoms with Gasteiger partial charge in [0.2, 0.25) is 5.91 Å². The molecule has 1 atom stereocenters. The minimum atomic E-state index is -0.223. The monoisotopic (exact) mass is 251 g/mol. The largest absolute Gasteiger partial charge is 0.368 e. The van der Waals surface area contributed by atoms with Gasteiger partial charge >= 0.3 is 0 Å². The Hall–Kier alpha value is -1.36. The second-order valence-corrected chi connectivity index (χ2v) is 4.80. The first kappa shape index (κ1) is 13.1. The van der Waals surface area contributed by atoms with Gasteiger partial charge in [0, 0.05) is 25.4 Å². The molecule has 0 bridgehead atoms. The van der Waals surface area contributed by atoms with Gasteiger partial charge in [-0.3, -0.25) is 9.48 Å². The molecule has 1 aliphatic heterocycles. The van der Waals surface area contributed by atoms with Crippen molar-refractivity contribution in [3.8, 4) is 0 Å². The van der Waals surface area contributed by atoms with Gasteiger partial charge in [-0.15, -0.1) is 0 Å². The van der Waals surface area contributed by atoms with Gasteiger partial charge in [0.15, 0.2) is 0 Å². The summed E-state index contributed by atoms with van der Waals surface area (Å²) in [5, 5.41) is 7.30. The molecule has 5 nitrogen and oxygen atoms in total. The third kappa shape index (κ3) is 3.32. The smallest absolute Gasteiger partial charge is 0.249 e. The van der Waals surface area contributed by atoms with Gasteiger partial charge in [-0.05, 0) is 39.2 Å². The van der Waals surface area contributed by atoms with E-state index in [9.17, 15) is 4.79 Å². The van der Waals surface area contributed by atoms with Crippen molar-refractivity contribution in [1.29, 1.82) is 0 Å².